The molecule has 1 N–H and O–H groups in total. The highest BCUT2D eigenvalue weighted by Gasteiger charge is 2.34. The Hall–Kier alpha value is -0.0800. The second kappa shape index (κ2) is 3.11. The first-order chi connectivity index (χ1) is 5.08. The van der Waals surface area contributed by atoms with E-state index < -0.39 is 0 Å². The van der Waals surface area contributed by atoms with Crippen LogP contribution in [0.25, 0.3) is 0 Å². The molecule has 0 saturated carbocycles. The molecular formula is C9H19NO. The zero-order valence-electron chi connectivity index (χ0n) is 7.80. The molecule has 0 aliphatic carbocycles. The maximum atomic E-state index is 8.99. The summed E-state index contributed by atoms with van der Waals surface area (Å²) < 4.78 is 0. The summed E-state index contributed by atoms with van der Waals surface area (Å²) in [6.45, 7) is 8.03. The number of hydrogen-bond acceptors (Lipinski definition) is 2. The second-order valence-corrected chi connectivity index (χ2v) is 4.14. The number of likely N-dealkylation sites (tertiary alicyclic amines) is 1. The Bertz CT molecular complexity index is 134. The lowest BCUT2D eigenvalue weighted by molar-refractivity contribution is 0.0809. The van der Waals surface area contributed by atoms with Crippen molar-refractivity contribution in [3.8, 4) is 0 Å². The van der Waals surface area contributed by atoms with Crippen molar-refractivity contribution in [1.82, 2.24) is 4.90 Å². The smallest absolute Gasteiger partial charge is 0.0584 e. The highest BCUT2D eigenvalue weighted by Crippen LogP contribution is 2.29. The van der Waals surface area contributed by atoms with Gasteiger partial charge in [0.05, 0.1) is 6.61 Å². The van der Waals surface area contributed by atoms with E-state index in [0.29, 0.717) is 11.6 Å². The first kappa shape index (κ1) is 9.01. The third kappa shape index (κ3) is 1.74. The molecule has 1 rings (SSSR count). The summed E-state index contributed by atoms with van der Waals surface area (Å²) in [5.74, 6) is 0. The number of rotatable bonds is 2. The molecule has 1 aliphatic heterocycles. The van der Waals surface area contributed by atoms with Crippen LogP contribution in [0.2, 0.25) is 0 Å². The zero-order valence-corrected chi connectivity index (χ0v) is 7.80. The maximum Gasteiger partial charge on any atom is 0.0584 e. The molecule has 1 unspecified atom stereocenters. The highest BCUT2D eigenvalue weighted by atomic mass is 16.3. The third-order valence-electron chi connectivity index (χ3n) is 2.76. The van der Waals surface area contributed by atoms with Crippen LogP contribution in [0.3, 0.4) is 0 Å². The molecule has 11 heavy (non-hydrogen) atoms. The lowest BCUT2D eigenvalue weighted by Gasteiger charge is -2.35. The van der Waals surface area contributed by atoms with E-state index in [4.69, 9.17) is 5.11 Å². The minimum absolute atomic E-state index is 0.281. The molecule has 0 aromatic rings. The lowest BCUT2D eigenvalue weighted by atomic mass is 10.0. The van der Waals surface area contributed by atoms with Crippen LogP contribution in [0.4, 0.5) is 0 Å². The van der Waals surface area contributed by atoms with Crippen LogP contribution in [0, 0.1) is 0 Å². The average molecular weight is 157 g/mol. The molecule has 2 heteroatoms. The predicted molar refractivity (Wildman–Crippen MR) is 46.6 cm³/mol. The largest absolute Gasteiger partial charge is 0.395 e. The van der Waals surface area contributed by atoms with Gasteiger partial charge in [0.2, 0.25) is 0 Å². The summed E-state index contributed by atoms with van der Waals surface area (Å²) in [6, 6.07) is 0.326. The van der Waals surface area contributed by atoms with Crippen LogP contribution in [0.15, 0.2) is 0 Å². The monoisotopic (exact) mass is 157 g/mol. The zero-order chi connectivity index (χ0) is 8.48. The predicted octanol–water partition coefficient (Wildman–Crippen LogP) is 1.24. The van der Waals surface area contributed by atoms with Gasteiger partial charge in [-0.05, 0) is 40.2 Å². The Kier molecular flexibility index (Phi) is 2.55. The number of nitrogens with zero attached hydrogens (tertiary/aromatic N) is 1. The van der Waals surface area contributed by atoms with Gasteiger partial charge in [0.1, 0.15) is 0 Å². The normalized spacial score (nSPS) is 27.3. The van der Waals surface area contributed by atoms with Crippen LogP contribution in [0.5, 0.6) is 0 Å². The van der Waals surface area contributed by atoms with Crippen molar-refractivity contribution in [2.45, 2.75) is 45.2 Å². The lowest BCUT2D eigenvalue weighted by Crippen LogP contribution is -2.45. The molecule has 2 nitrogen and oxygen atoms in total. The molecule has 0 spiro atoms. The summed E-state index contributed by atoms with van der Waals surface area (Å²) in [6.07, 6.45) is 2.54. The summed E-state index contributed by atoms with van der Waals surface area (Å²) in [4.78, 5) is 2.40. The standard InChI is InChI=1S/C9H19NO/c1-8(7-11)10-6-4-5-9(10,2)3/h8,11H,4-7H2,1-3H3. The molecular weight excluding hydrogens is 138 g/mol. The van der Waals surface area contributed by atoms with Crippen molar-refractivity contribution < 1.29 is 5.11 Å². The van der Waals surface area contributed by atoms with Gasteiger partial charge < -0.3 is 5.11 Å². The summed E-state index contributed by atoms with van der Waals surface area (Å²) in [7, 11) is 0. The second-order valence-electron chi connectivity index (χ2n) is 4.14. The van der Waals surface area contributed by atoms with Gasteiger partial charge >= 0.3 is 0 Å². The van der Waals surface area contributed by atoms with E-state index in [2.05, 4.69) is 25.7 Å². The molecule has 0 amide bonds. The Morgan fingerprint density at radius 2 is 2.18 bits per heavy atom. The molecule has 0 aromatic carbocycles. The minimum atomic E-state index is 0.281. The van der Waals surface area contributed by atoms with E-state index in [1.807, 2.05) is 0 Å². The highest BCUT2D eigenvalue weighted by molar-refractivity contribution is 4.90. The maximum absolute atomic E-state index is 8.99. The van der Waals surface area contributed by atoms with Crippen LogP contribution >= 0.6 is 0 Å². The fourth-order valence-electron chi connectivity index (χ4n) is 2.04. The van der Waals surface area contributed by atoms with Crippen molar-refractivity contribution in [2.24, 2.45) is 0 Å². The van der Waals surface area contributed by atoms with E-state index in [-0.39, 0.29) is 6.61 Å². The molecule has 1 fully saturated rings. The van der Waals surface area contributed by atoms with Crippen LogP contribution in [0.1, 0.15) is 33.6 Å². The summed E-state index contributed by atoms with van der Waals surface area (Å²) in [5.41, 5.74) is 0.308. The van der Waals surface area contributed by atoms with Gasteiger partial charge in [-0.2, -0.15) is 0 Å². The van der Waals surface area contributed by atoms with Crippen molar-refractivity contribution in [1.29, 1.82) is 0 Å². The minimum Gasteiger partial charge on any atom is -0.395 e. The number of hydrogen-bond donors (Lipinski definition) is 1. The molecule has 1 aliphatic rings. The molecule has 66 valence electrons. The van der Waals surface area contributed by atoms with E-state index in [1.54, 1.807) is 0 Å². The molecule has 1 heterocycles. The van der Waals surface area contributed by atoms with Crippen molar-refractivity contribution in [2.75, 3.05) is 13.2 Å². The van der Waals surface area contributed by atoms with E-state index in [9.17, 15) is 0 Å². The Balaban J connectivity index is 2.57. The Morgan fingerprint density at radius 1 is 1.55 bits per heavy atom. The number of aliphatic hydroxyl groups is 1. The molecule has 0 radical (unpaired) electrons. The van der Waals surface area contributed by atoms with Crippen molar-refractivity contribution in [3.63, 3.8) is 0 Å². The van der Waals surface area contributed by atoms with Gasteiger partial charge in [-0.25, -0.2) is 0 Å². The van der Waals surface area contributed by atoms with Gasteiger partial charge in [0.25, 0.3) is 0 Å². The first-order valence-electron chi connectivity index (χ1n) is 4.45. The van der Waals surface area contributed by atoms with Crippen molar-refractivity contribution >= 4 is 0 Å². The fraction of sp³-hybridized carbons (Fsp3) is 1.00. The average Bonchev–Trinajstić information content (AvgIpc) is 2.28. The first-order valence-corrected chi connectivity index (χ1v) is 4.45. The van der Waals surface area contributed by atoms with Crippen LogP contribution in [-0.4, -0.2) is 34.7 Å². The topological polar surface area (TPSA) is 23.5 Å². The van der Waals surface area contributed by atoms with Crippen LogP contribution in [-0.2, 0) is 0 Å². The quantitative estimate of drug-likeness (QED) is 0.652. The van der Waals surface area contributed by atoms with Gasteiger partial charge in [-0.15, -0.1) is 0 Å². The van der Waals surface area contributed by atoms with Gasteiger partial charge in [-0.3, -0.25) is 4.90 Å². The molecule has 0 aromatic heterocycles. The third-order valence-corrected chi connectivity index (χ3v) is 2.76. The number of aliphatic hydroxyl groups excluding tert-OH is 1. The fourth-order valence-corrected chi connectivity index (χ4v) is 2.04. The molecule has 1 atom stereocenters. The van der Waals surface area contributed by atoms with Gasteiger partial charge in [-0.1, -0.05) is 0 Å². The molecule has 1 saturated heterocycles. The molecule has 0 bridgehead atoms. The van der Waals surface area contributed by atoms with Gasteiger partial charge in [0, 0.05) is 11.6 Å². The Morgan fingerprint density at radius 3 is 2.55 bits per heavy atom. The van der Waals surface area contributed by atoms with E-state index in [1.165, 1.54) is 12.8 Å². The summed E-state index contributed by atoms with van der Waals surface area (Å²) >= 11 is 0. The van der Waals surface area contributed by atoms with Crippen LogP contribution < -0.4 is 0 Å². The van der Waals surface area contributed by atoms with E-state index in [0.717, 1.165) is 6.54 Å². The van der Waals surface area contributed by atoms with E-state index >= 15 is 0 Å². The van der Waals surface area contributed by atoms with Gasteiger partial charge in [0.15, 0.2) is 0 Å². The SMILES string of the molecule is CC(CO)N1CCCC1(C)C. The summed E-state index contributed by atoms with van der Waals surface area (Å²) in [5, 5.41) is 8.99. The Labute approximate surface area is 69.2 Å². The van der Waals surface area contributed by atoms with Crippen molar-refractivity contribution in [3.05, 3.63) is 0 Å².